The van der Waals surface area contributed by atoms with Crippen LogP contribution in [0, 0.1) is 10.1 Å². The number of amides is 1. The van der Waals surface area contributed by atoms with Gasteiger partial charge in [0.15, 0.2) is 0 Å². The highest BCUT2D eigenvalue weighted by Gasteiger charge is 2.13. The number of hydrogen-bond donors (Lipinski definition) is 2. The van der Waals surface area contributed by atoms with Crippen LogP contribution in [-0.2, 0) is 6.54 Å². The first kappa shape index (κ1) is 15.0. The van der Waals surface area contributed by atoms with Crippen molar-refractivity contribution in [1.82, 2.24) is 0 Å². The molecule has 3 N–H and O–H groups in total. The van der Waals surface area contributed by atoms with Crippen LogP contribution in [0.2, 0.25) is 0 Å². The number of primary amides is 1. The van der Waals surface area contributed by atoms with Crippen molar-refractivity contribution in [2.24, 2.45) is 5.73 Å². The van der Waals surface area contributed by atoms with Gasteiger partial charge in [-0.25, -0.2) is 0 Å². The van der Waals surface area contributed by atoms with E-state index in [-0.39, 0.29) is 5.69 Å². The Morgan fingerprint density at radius 3 is 2.48 bits per heavy atom. The molecule has 108 valence electrons. The summed E-state index contributed by atoms with van der Waals surface area (Å²) in [6.07, 6.45) is 0. The van der Waals surface area contributed by atoms with Gasteiger partial charge in [0.25, 0.3) is 5.69 Å². The van der Waals surface area contributed by atoms with Gasteiger partial charge < -0.3 is 11.1 Å². The van der Waals surface area contributed by atoms with E-state index in [1.54, 1.807) is 36.4 Å². The Balaban J connectivity index is 2.13. The second-order valence-corrected chi connectivity index (χ2v) is 5.25. The smallest absolute Gasteiger partial charge is 0.293 e. The topological polar surface area (TPSA) is 98.3 Å². The van der Waals surface area contributed by atoms with Crippen LogP contribution < -0.4 is 11.1 Å². The number of carbonyl (C=O) groups is 1. The van der Waals surface area contributed by atoms with Gasteiger partial charge in [-0.05, 0) is 29.8 Å². The molecule has 0 saturated carbocycles. The number of nitrogens with zero attached hydrogens (tertiary/aromatic N) is 1. The number of hydrogen-bond acceptors (Lipinski definition) is 4. The number of nitro groups is 1. The van der Waals surface area contributed by atoms with E-state index in [1.165, 1.54) is 6.07 Å². The standard InChI is InChI=1S/C14H12BrN3O3/c15-11-5-6-12(13(7-11)18(20)21)17-8-9-1-3-10(4-2-9)14(16)19/h1-7,17H,8H2,(H2,16,19). The summed E-state index contributed by atoms with van der Waals surface area (Å²) in [5.41, 5.74) is 6.90. The maximum atomic E-state index is 11.0. The van der Waals surface area contributed by atoms with Crippen molar-refractivity contribution in [2.45, 2.75) is 6.54 Å². The zero-order chi connectivity index (χ0) is 15.4. The van der Waals surface area contributed by atoms with Gasteiger partial charge in [0.1, 0.15) is 5.69 Å². The molecular formula is C14H12BrN3O3. The number of carbonyl (C=O) groups excluding carboxylic acids is 1. The van der Waals surface area contributed by atoms with Gasteiger partial charge in [0.05, 0.1) is 4.92 Å². The second-order valence-electron chi connectivity index (χ2n) is 4.33. The lowest BCUT2D eigenvalue weighted by molar-refractivity contribution is -0.384. The third-order valence-electron chi connectivity index (χ3n) is 2.88. The van der Waals surface area contributed by atoms with Crippen molar-refractivity contribution < 1.29 is 9.72 Å². The molecule has 6 nitrogen and oxygen atoms in total. The number of nitrogens with two attached hydrogens (primary N) is 1. The molecule has 0 spiro atoms. The summed E-state index contributed by atoms with van der Waals surface area (Å²) in [5, 5.41) is 14.0. The van der Waals surface area contributed by atoms with Crippen molar-refractivity contribution in [2.75, 3.05) is 5.32 Å². The predicted molar refractivity (Wildman–Crippen MR) is 83.1 cm³/mol. The monoisotopic (exact) mass is 349 g/mol. The molecule has 21 heavy (non-hydrogen) atoms. The van der Waals surface area contributed by atoms with E-state index < -0.39 is 10.8 Å². The van der Waals surface area contributed by atoms with E-state index in [9.17, 15) is 14.9 Å². The number of anilines is 1. The van der Waals surface area contributed by atoms with E-state index >= 15 is 0 Å². The highest BCUT2D eigenvalue weighted by molar-refractivity contribution is 9.10. The van der Waals surface area contributed by atoms with Gasteiger partial charge in [-0.3, -0.25) is 14.9 Å². The van der Waals surface area contributed by atoms with Crippen LogP contribution in [-0.4, -0.2) is 10.8 Å². The number of benzene rings is 2. The Morgan fingerprint density at radius 2 is 1.90 bits per heavy atom. The van der Waals surface area contributed by atoms with Crippen molar-refractivity contribution >= 4 is 33.2 Å². The molecule has 0 atom stereocenters. The number of halogens is 1. The molecule has 0 aromatic heterocycles. The van der Waals surface area contributed by atoms with Gasteiger partial charge in [-0.1, -0.05) is 28.1 Å². The van der Waals surface area contributed by atoms with Crippen LogP contribution in [0.3, 0.4) is 0 Å². The Hall–Kier alpha value is -2.41. The summed E-state index contributed by atoms with van der Waals surface area (Å²) in [4.78, 5) is 21.5. The predicted octanol–water partition coefficient (Wildman–Crippen LogP) is 3.07. The molecule has 0 fully saturated rings. The zero-order valence-corrected chi connectivity index (χ0v) is 12.5. The average molecular weight is 350 g/mol. The minimum atomic E-state index is -0.488. The highest BCUT2D eigenvalue weighted by Crippen LogP contribution is 2.28. The highest BCUT2D eigenvalue weighted by atomic mass is 79.9. The van der Waals surface area contributed by atoms with Crippen molar-refractivity contribution in [3.63, 3.8) is 0 Å². The lowest BCUT2D eigenvalue weighted by Crippen LogP contribution is -2.10. The van der Waals surface area contributed by atoms with Gasteiger partial charge in [-0.15, -0.1) is 0 Å². The van der Waals surface area contributed by atoms with Crippen molar-refractivity contribution in [1.29, 1.82) is 0 Å². The molecule has 0 unspecified atom stereocenters. The van der Waals surface area contributed by atoms with Crippen molar-refractivity contribution in [3.8, 4) is 0 Å². The first-order valence-corrected chi connectivity index (χ1v) is 6.83. The fourth-order valence-electron chi connectivity index (χ4n) is 1.79. The van der Waals surface area contributed by atoms with Crippen LogP contribution >= 0.6 is 15.9 Å². The van der Waals surface area contributed by atoms with Crippen LogP contribution in [0.5, 0.6) is 0 Å². The minimum Gasteiger partial charge on any atom is -0.375 e. The molecule has 0 heterocycles. The van der Waals surface area contributed by atoms with E-state index in [4.69, 9.17) is 5.73 Å². The first-order valence-electron chi connectivity index (χ1n) is 6.04. The molecule has 0 aliphatic carbocycles. The maximum Gasteiger partial charge on any atom is 0.293 e. The largest absolute Gasteiger partial charge is 0.375 e. The third-order valence-corrected chi connectivity index (χ3v) is 3.37. The Morgan fingerprint density at radius 1 is 1.24 bits per heavy atom. The van der Waals surface area contributed by atoms with Crippen LogP contribution in [0.25, 0.3) is 0 Å². The lowest BCUT2D eigenvalue weighted by Gasteiger charge is -2.08. The van der Waals surface area contributed by atoms with Gasteiger partial charge >= 0.3 is 0 Å². The van der Waals surface area contributed by atoms with Crippen LogP contribution in [0.15, 0.2) is 46.9 Å². The molecular weight excluding hydrogens is 338 g/mol. The maximum absolute atomic E-state index is 11.0. The molecule has 0 aliphatic rings. The molecule has 2 aromatic rings. The van der Waals surface area contributed by atoms with Crippen LogP contribution in [0.1, 0.15) is 15.9 Å². The summed E-state index contributed by atoms with van der Waals surface area (Å²) in [6, 6.07) is 11.5. The quantitative estimate of drug-likeness (QED) is 0.640. The Bertz CT molecular complexity index is 686. The number of rotatable bonds is 5. The third kappa shape index (κ3) is 3.79. The van der Waals surface area contributed by atoms with Crippen LogP contribution in [0.4, 0.5) is 11.4 Å². The fourth-order valence-corrected chi connectivity index (χ4v) is 2.14. The average Bonchev–Trinajstić information content (AvgIpc) is 2.46. The summed E-state index contributed by atoms with van der Waals surface area (Å²) in [7, 11) is 0. The summed E-state index contributed by atoms with van der Waals surface area (Å²) in [5.74, 6) is -0.488. The van der Waals surface area contributed by atoms with E-state index in [0.717, 1.165) is 5.56 Å². The van der Waals surface area contributed by atoms with E-state index in [1.807, 2.05) is 0 Å². The fraction of sp³-hybridized carbons (Fsp3) is 0.0714. The van der Waals surface area contributed by atoms with Crippen molar-refractivity contribution in [3.05, 3.63) is 68.2 Å². The first-order chi connectivity index (χ1) is 9.97. The summed E-state index contributed by atoms with van der Waals surface area (Å²) >= 11 is 3.21. The SMILES string of the molecule is NC(=O)c1ccc(CNc2ccc(Br)cc2[N+](=O)[O-])cc1. The minimum absolute atomic E-state index is 0.00173. The second kappa shape index (κ2) is 6.36. The molecule has 2 rings (SSSR count). The molecule has 0 radical (unpaired) electrons. The molecule has 0 saturated heterocycles. The zero-order valence-electron chi connectivity index (χ0n) is 10.9. The molecule has 7 heteroatoms. The van der Waals surface area contributed by atoms with Gasteiger partial charge in [-0.2, -0.15) is 0 Å². The Kier molecular flexibility index (Phi) is 4.54. The molecule has 1 amide bonds. The molecule has 2 aromatic carbocycles. The summed E-state index contributed by atoms with van der Waals surface area (Å²) in [6.45, 7) is 0.404. The lowest BCUT2D eigenvalue weighted by atomic mass is 10.1. The Labute approximate surface area is 129 Å². The molecule has 0 aliphatic heterocycles. The number of nitrogens with one attached hydrogen (secondary N) is 1. The molecule has 0 bridgehead atoms. The van der Waals surface area contributed by atoms with Gasteiger partial charge in [0, 0.05) is 22.6 Å². The summed E-state index contributed by atoms with van der Waals surface area (Å²) < 4.78 is 0.644. The van der Waals surface area contributed by atoms with E-state index in [0.29, 0.717) is 22.3 Å². The van der Waals surface area contributed by atoms with E-state index in [2.05, 4.69) is 21.2 Å². The van der Waals surface area contributed by atoms with Gasteiger partial charge in [0.2, 0.25) is 5.91 Å². The number of nitro benzene ring substituents is 1. The normalized spacial score (nSPS) is 10.1.